The van der Waals surface area contributed by atoms with Crippen molar-refractivity contribution < 1.29 is 71.4 Å². The molecule has 2 saturated carbocycles. The van der Waals surface area contributed by atoms with Crippen LogP contribution in [0.1, 0.15) is 132 Å². The van der Waals surface area contributed by atoms with E-state index in [1.807, 2.05) is 13.0 Å². The fourth-order valence-electron chi connectivity index (χ4n) is 9.88. The van der Waals surface area contributed by atoms with Crippen molar-refractivity contribution in [3.8, 4) is 0 Å². The standard InChI is InChI=1S/C54H86N2O15S/c1-33-17-14-12-11-13-15-18-34(2)48(59)50(68-10)49(60)37(5)27-35(3)44(58)31-46(36(4)28-41-22-24-45(47(29-41)67-9)69-32-40-20-21-40)70-53(63)39(7)56(8)52(62)51(61)54(64)38(6)19-23-42(71-54)30-43(33)55-72(65,66)26-16-25-57/h11-14,17,27,34-36,38-43,45-47,49-50,55,57,60,64H,15-16,18-26,28-32H2,1-10H3/b13-11+,14-12+,33-17+,37-27+/t34?,35?,36-,38+,39?,41+,42-,43-,45-,46?,47-,49?,50?,54+/m1/s1. The minimum Gasteiger partial charge on any atom is -0.460 e. The number of carbonyl (C=O) groups is 5. The van der Waals surface area contributed by atoms with Crippen LogP contribution < -0.4 is 4.72 Å². The number of esters is 1. The van der Waals surface area contributed by atoms with Gasteiger partial charge in [-0.1, -0.05) is 69.7 Å². The van der Waals surface area contributed by atoms with Crippen molar-refractivity contribution in [2.75, 3.05) is 40.2 Å². The topological polar surface area (TPSA) is 242 Å². The lowest BCUT2D eigenvalue weighted by Gasteiger charge is -2.42. The summed E-state index contributed by atoms with van der Waals surface area (Å²) in [5.41, 5.74) is 0.935. The number of Topliss-reactive ketones (excluding diaryl/α,β-unsaturated/α-hetero) is 3. The number of ketones is 3. The molecule has 6 unspecified atom stereocenters. The Morgan fingerprint density at radius 2 is 1.58 bits per heavy atom. The zero-order chi connectivity index (χ0) is 53.5. The highest BCUT2D eigenvalue weighted by Gasteiger charge is 2.52. The van der Waals surface area contributed by atoms with Crippen molar-refractivity contribution >= 4 is 39.2 Å². The lowest BCUT2D eigenvalue weighted by atomic mass is 9.78. The molecule has 2 heterocycles. The van der Waals surface area contributed by atoms with Crippen molar-refractivity contribution in [1.82, 2.24) is 9.62 Å². The average molecular weight is 1040 g/mol. The molecule has 2 aliphatic carbocycles. The minimum absolute atomic E-state index is 0.0000414. The molecule has 408 valence electrons. The van der Waals surface area contributed by atoms with Gasteiger partial charge in [-0.3, -0.25) is 19.2 Å². The highest BCUT2D eigenvalue weighted by Crippen LogP contribution is 2.38. The maximum absolute atomic E-state index is 14.2. The summed E-state index contributed by atoms with van der Waals surface area (Å²) in [6.07, 6.45) is 12.5. The fraction of sp³-hybridized carbons (Fsp3) is 0.759. The van der Waals surface area contributed by atoms with Gasteiger partial charge in [0.25, 0.3) is 11.7 Å². The lowest BCUT2D eigenvalue weighted by Crippen LogP contribution is -2.59. The fourth-order valence-corrected chi connectivity index (χ4v) is 11.2. The average Bonchev–Trinajstić information content (AvgIpc) is 4.19. The summed E-state index contributed by atoms with van der Waals surface area (Å²) in [6, 6.07) is -2.22. The summed E-state index contributed by atoms with van der Waals surface area (Å²) in [4.78, 5) is 71.0. The molecule has 0 spiro atoms. The van der Waals surface area contributed by atoms with Gasteiger partial charge in [0.15, 0.2) is 5.78 Å². The molecule has 4 N–H and O–H groups in total. The van der Waals surface area contributed by atoms with Gasteiger partial charge in [-0.05, 0) is 121 Å². The molecule has 4 rings (SSSR count). The number of methoxy groups -OCH3 is 2. The third-order valence-electron chi connectivity index (χ3n) is 15.3. The minimum atomic E-state index is -3.91. The van der Waals surface area contributed by atoms with E-state index in [0.29, 0.717) is 49.2 Å². The van der Waals surface area contributed by atoms with Gasteiger partial charge in [-0.2, -0.15) is 0 Å². The molecule has 0 aromatic carbocycles. The Kier molecular flexibility index (Phi) is 24.1. The molecule has 2 aliphatic heterocycles. The van der Waals surface area contributed by atoms with E-state index in [1.165, 1.54) is 33.9 Å². The molecular weight excluding hydrogens is 949 g/mol. The summed E-state index contributed by atoms with van der Waals surface area (Å²) >= 11 is 0. The molecule has 0 aromatic heterocycles. The van der Waals surface area contributed by atoms with Gasteiger partial charge in [0, 0.05) is 64.7 Å². The Labute approximate surface area is 428 Å². The highest BCUT2D eigenvalue weighted by atomic mass is 32.2. The predicted octanol–water partition coefficient (Wildman–Crippen LogP) is 5.49. The van der Waals surface area contributed by atoms with E-state index in [-0.39, 0.29) is 73.7 Å². The molecule has 1 amide bonds. The first-order valence-corrected chi connectivity index (χ1v) is 27.7. The van der Waals surface area contributed by atoms with Gasteiger partial charge >= 0.3 is 5.97 Å². The number of likely N-dealkylation sites (N-methyl/N-ethyl adjacent to an activating group) is 1. The van der Waals surface area contributed by atoms with Crippen LogP contribution in [0.15, 0.2) is 47.6 Å². The number of hydrogen-bond acceptors (Lipinski definition) is 15. The van der Waals surface area contributed by atoms with E-state index >= 15 is 0 Å². The van der Waals surface area contributed by atoms with Crippen molar-refractivity contribution in [2.24, 2.45) is 35.5 Å². The molecule has 0 aromatic rings. The number of aliphatic hydroxyl groups excluding tert-OH is 2. The second kappa shape index (κ2) is 28.4. The molecule has 72 heavy (non-hydrogen) atoms. The predicted molar refractivity (Wildman–Crippen MR) is 272 cm³/mol. The second-order valence-electron chi connectivity index (χ2n) is 21.2. The van der Waals surface area contributed by atoms with Crippen molar-refractivity contribution in [3.05, 3.63) is 47.6 Å². The van der Waals surface area contributed by atoms with Crippen molar-refractivity contribution in [3.63, 3.8) is 0 Å². The zero-order valence-electron chi connectivity index (χ0n) is 44.5. The molecule has 17 nitrogen and oxygen atoms in total. The van der Waals surface area contributed by atoms with E-state index in [1.54, 1.807) is 72.1 Å². The number of fused-ring (bicyclic) bond motifs is 2. The molecule has 14 atom stereocenters. The monoisotopic (exact) mass is 1030 g/mol. The number of aliphatic hydroxyl groups is 3. The molecule has 0 radical (unpaired) electrons. The van der Waals surface area contributed by atoms with Crippen LogP contribution in [0, 0.1) is 35.5 Å². The maximum Gasteiger partial charge on any atom is 0.328 e. The number of allylic oxidation sites excluding steroid dienone is 6. The Hall–Kier alpha value is -3.46. The SMILES string of the molecule is COC1C(=O)C(C)CC/C=C/C=C/C=C(\C)[C@H](NS(=O)(=O)CCCO)C[C@H]2CC[C@H](C)[C@](O)(O2)C(=O)C(=O)N(C)C(C)C(=O)OC([C@H](C)C[C@@H]2CC[C@@H](OCC3CC3)[C@H](OC)C2)CC(=O)C(C)/C=C(\C)C1O. The first-order chi connectivity index (χ1) is 34.0. The molecule has 18 heteroatoms. The van der Waals surface area contributed by atoms with Crippen LogP contribution in [0.4, 0.5) is 0 Å². The number of cyclic esters (lactones) is 1. The van der Waals surface area contributed by atoms with Gasteiger partial charge in [-0.15, -0.1) is 0 Å². The highest BCUT2D eigenvalue weighted by molar-refractivity contribution is 7.89. The van der Waals surface area contributed by atoms with E-state index in [2.05, 4.69) is 4.72 Å². The van der Waals surface area contributed by atoms with Crippen LogP contribution in [0.25, 0.3) is 0 Å². The van der Waals surface area contributed by atoms with Gasteiger partial charge < -0.3 is 43.9 Å². The largest absolute Gasteiger partial charge is 0.460 e. The van der Waals surface area contributed by atoms with Gasteiger partial charge in [0.1, 0.15) is 30.1 Å². The Morgan fingerprint density at radius 1 is 0.889 bits per heavy atom. The number of hydrogen-bond donors (Lipinski definition) is 4. The summed E-state index contributed by atoms with van der Waals surface area (Å²) in [5.74, 6) is -8.66. The normalized spacial score (nSPS) is 37.0. The number of sulfonamides is 1. The van der Waals surface area contributed by atoms with Crippen LogP contribution in [0.3, 0.4) is 0 Å². The Morgan fingerprint density at radius 3 is 2.24 bits per heavy atom. The number of nitrogens with one attached hydrogen (secondary N) is 1. The Bertz CT molecular complexity index is 2070. The van der Waals surface area contributed by atoms with E-state index in [0.717, 1.165) is 24.3 Å². The van der Waals surface area contributed by atoms with Gasteiger partial charge in [0.05, 0.1) is 24.1 Å². The number of amides is 1. The third-order valence-corrected chi connectivity index (χ3v) is 16.8. The summed E-state index contributed by atoms with van der Waals surface area (Å²) in [6.45, 7) is 12.0. The van der Waals surface area contributed by atoms with Crippen LogP contribution >= 0.6 is 0 Å². The number of rotatable bonds is 13. The van der Waals surface area contributed by atoms with Gasteiger partial charge in [0.2, 0.25) is 15.8 Å². The van der Waals surface area contributed by atoms with Crippen LogP contribution in [-0.4, -0.2) is 153 Å². The van der Waals surface area contributed by atoms with Crippen LogP contribution in [-0.2, 0) is 57.7 Å². The first kappa shape index (κ1) is 61.1. The Balaban J connectivity index is 1.67. The number of nitrogens with zero attached hydrogens (tertiary/aromatic N) is 1. The first-order valence-electron chi connectivity index (χ1n) is 26.1. The molecular formula is C54H86N2O15S. The third kappa shape index (κ3) is 17.6. The van der Waals surface area contributed by atoms with E-state index < -0.39 is 87.7 Å². The molecule has 1 saturated heterocycles. The van der Waals surface area contributed by atoms with Crippen LogP contribution in [0.5, 0.6) is 0 Å². The number of ether oxygens (including phenoxy) is 5. The van der Waals surface area contributed by atoms with E-state index in [9.17, 15) is 47.7 Å². The molecule has 4 aliphatic rings. The van der Waals surface area contributed by atoms with Crippen molar-refractivity contribution in [2.45, 2.75) is 186 Å². The van der Waals surface area contributed by atoms with Crippen molar-refractivity contribution in [1.29, 1.82) is 0 Å². The summed E-state index contributed by atoms with van der Waals surface area (Å²) in [7, 11) is 0.358. The second-order valence-corrected chi connectivity index (χ2v) is 23.0. The zero-order valence-corrected chi connectivity index (χ0v) is 45.3. The summed E-state index contributed by atoms with van der Waals surface area (Å²) in [5, 5.41) is 32.7. The molecule has 3 fully saturated rings. The van der Waals surface area contributed by atoms with Crippen LogP contribution in [0.2, 0.25) is 0 Å². The summed E-state index contributed by atoms with van der Waals surface area (Å²) < 4.78 is 58.9. The maximum atomic E-state index is 14.2. The molecule has 2 bridgehead atoms. The lowest BCUT2D eigenvalue weighted by molar-refractivity contribution is -0.263. The smallest absolute Gasteiger partial charge is 0.328 e. The number of carbonyl (C=O) groups excluding carboxylic acids is 5. The van der Waals surface area contributed by atoms with Gasteiger partial charge in [-0.25, -0.2) is 17.9 Å². The quantitative estimate of drug-likeness (QED) is 0.101. The van der Waals surface area contributed by atoms with E-state index in [4.69, 9.17) is 23.7 Å².